The van der Waals surface area contributed by atoms with Gasteiger partial charge in [0, 0.05) is 7.05 Å². The summed E-state index contributed by atoms with van der Waals surface area (Å²) in [4.78, 5) is 13.6. The number of aliphatic hydroxyl groups excluding tert-OH is 1. The zero-order chi connectivity index (χ0) is 12.3. The SMILES string of the molecule is CC(CO)N(C)C(=O)C1(C(N)=NO)CCC1. The number of carbonyl (C=O) groups is 1. The molecule has 0 aliphatic heterocycles. The Morgan fingerprint density at radius 2 is 2.19 bits per heavy atom. The summed E-state index contributed by atoms with van der Waals surface area (Å²) in [5.41, 5.74) is 4.73. The summed E-state index contributed by atoms with van der Waals surface area (Å²) in [5.74, 6) is -0.212. The maximum absolute atomic E-state index is 12.2. The molecule has 1 fully saturated rings. The highest BCUT2D eigenvalue weighted by atomic mass is 16.4. The van der Waals surface area contributed by atoms with E-state index in [9.17, 15) is 4.79 Å². The van der Waals surface area contributed by atoms with E-state index in [0.29, 0.717) is 12.8 Å². The zero-order valence-corrected chi connectivity index (χ0v) is 9.68. The van der Waals surface area contributed by atoms with Crippen LogP contribution in [0, 0.1) is 5.41 Å². The minimum atomic E-state index is -0.854. The van der Waals surface area contributed by atoms with Gasteiger partial charge in [-0.05, 0) is 19.8 Å². The molecule has 1 unspecified atom stereocenters. The molecule has 0 spiro atoms. The number of oxime groups is 1. The van der Waals surface area contributed by atoms with E-state index in [1.54, 1.807) is 14.0 Å². The minimum absolute atomic E-state index is 0.0271. The van der Waals surface area contributed by atoms with Gasteiger partial charge in [-0.2, -0.15) is 0 Å². The van der Waals surface area contributed by atoms with Crippen molar-refractivity contribution < 1.29 is 15.1 Å². The quantitative estimate of drug-likeness (QED) is 0.268. The summed E-state index contributed by atoms with van der Waals surface area (Å²) in [6.07, 6.45) is 2.09. The van der Waals surface area contributed by atoms with Crippen molar-refractivity contribution in [3.8, 4) is 0 Å². The van der Waals surface area contributed by atoms with Crippen LogP contribution in [0.15, 0.2) is 5.16 Å². The van der Waals surface area contributed by atoms with Gasteiger partial charge in [0.05, 0.1) is 12.6 Å². The van der Waals surface area contributed by atoms with Gasteiger partial charge < -0.3 is 20.9 Å². The Bertz CT molecular complexity index is 300. The molecule has 6 heteroatoms. The average Bonchev–Trinajstić information content (AvgIpc) is 2.24. The molecule has 0 heterocycles. The lowest BCUT2D eigenvalue weighted by Gasteiger charge is -2.42. The molecule has 0 aromatic rings. The van der Waals surface area contributed by atoms with Gasteiger partial charge in [0.15, 0.2) is 5.84 Å². The van der Waals surface area contributed by atoms with Crippen LogP contribution in [0.4, 0.5) is 0 Å². The fourth-order valence-electron chi connectivity index (χ4n) is 1.87. The summed E-state index contributed by atoms with van der Waals surface area (Å²) < 4.78 is 0. The molecule has 1 atom stereocenters. The highest BCUT2D eigenvalue weighted by Crippen LogP contribution is 2.42. The van der Waals surface area contributed by atoms with Crippen molar-refractivity contribution in [1.29, 1.82) is 0 Å². The first-order valence-corrected chi connectivity index (χ1v) is 5.35. The van der Waals surface area contributed by atoms with Crippen molar-refractivity contribution in [2.24, 2.45) is 16.3 Å². The molecule has 1 amide bonds. The van der Waals surface area contributed by atoms with Gasteiger partial charge in [-0.1, -0.05) is 11.6 Å². The number of likely N-dealkylation sites (N-methyl/N-ethyl adjacent to an activating group) is 1. The van der Waals surface area contributed by atoms with Gasteiger partial charge >= 0.3 is 0 Å². The van der Waals surface area contributed by atoms with Crippen LogP contribution in [-0.2, 0) is 4.79 Å². The molecule has 0 aromatic carbocycles. The zero-order valence-electron chi connectivity index (χ0n) is 9.68. The monoisotopic (exact) mass is 229 g/mol. The topological polar surface area (TPSA) is 99.2 Å². The highest BCUT2D eigenvalue weighted by molar-refractivity contribution is 6.07. The van der Waals surface area contributed by atoms with Crippen LogP contribution < -0.4 is 5.73 Å². The van der Waals surface area contributed by atoms with Crippen LogP contribution in [0.1, 0.15) is 26.2 Å². The number of nitrogens with two attached hydrogens (primary N) is 1. The molecule has 0 bridgehead atoms. The molecule has 0 saturated heterocycles. The van der Waals surface area contributed by atoms with Crippen molar-refractivity contribution in [3.63, 3.8) is 0 Å². The molecule has 1 saturated carbocycles. The Morgan fingerprint density at radius 1 is 1.62 bits per heavy atom. The second kappa shape index (κ2) is 4.69. The Hall–Kier alpha value is -1.30. The van der Waals surface area contributed by atoms with E-state index < -0.39 is 5.41 Å². The molecule has 1 aliphatic carbocycles. The first-order valence-electron chi connectivity index (χ1n) is 5.35. The summed E-state index contributed by atoms with van der Waals surface area (Å²) in [6, 6.07) is -0.267. The van der Waals surface area contributed by atoms with Gasteiger partial charge in [-0.25, -0.2) is 0 Å². The van der Waals surface area contributed by atoms with E-state index in [1.165, 1.54) is 4.90 Å². The van der Waals surface area contributed by atoms with Crippen molar-refractivity contribution in [1.82, 2.24) is 4.90 Å². The molecule has 4 N–H and O–H groups in total. The largest absolute Gasteiger partial charge is 0.409 e. The van der Waals surface area contributed by atoms with E-state index in [4.69, 9.17) is 16.0 Å². The summed E-state index contributed by atoms with van der Waals surface area (Å²) >= 11 is 0. The molecule has 6 nitrogen and oxygen atoms in total. The Morgan fingerprint density at radius 3 is 2.50 bits per heavy atom. The number of hydrogen-bond acceptors (Lipinski definition) is 4. The maximum Gasteiger partial charge on any atom is 0.236 e. The molecular formula is C10H19N3O3. The second-order valence-electron chi connectivity index (χ2n) is 4.37. The number of amidine groups is 1. The number of amides is 1. The molecule has 1 aliphatic rings. The van der Waals surface area contributed by atoms with Crippen molar-refractivity contribution in [3.05, 3.63) is 0 Å². The van der Waals surface area contributed by atoms with Crippen molar-refractivity contribution >= 4 is 11.7 Å². The average molecular weight is 229 g/mol. The maximum atomic E-state index is 12.2. The first-order chi connectivity index (χ1) is 7.49. The number of nitrogens with zero attached hydrogens (tertiary/aromatic N) is 2. The molecule has 1 rings (SSSR count). The van der Waals surface area contributed by atoms with Gasteiger partial charge in [0.25, 0.3) is 0 Å². The van der Waals surface area contributed by atoms with Gasteiger partial charge in [-0.3, -0.25) is 4.79 Å². The number of carbonyl (C=O) groups excluding carboxylic acids is 1. The fourth-order valence-corrected chi connectivity index (χ4v) is 1.87. The van der Waals surface area contributed by atoms with E-state index in [-0.39, 0.29) is 24.4 Å². The van der Waals surface area contributed by atoms with Gasteiger partial charge in [0.1, 0.15) is 5.41 Å². The lowest BCUT2D eigenvalue weighted by Crippen LogP contribution is -2.56. The van der Waals surface area contributed by atoms with Gasteiger partial charge in [-0.15, -0.1) is 0 Å². The van der Waals surface area contributed by atoms with Crippen LogP contribution in [0.5, 0.6) is 0 Å². The molecule has 0 radical (unpaired) electrons. The van der Waals surface area contributed by atoms with Gasteiger partial charge in [0.2, 0.25) is 5.91 Å². The van der Waals surface area contributed by atoms with Crippen LogP contribution in [0.2, 0.25) is 0 Å². The predicted molar refractivity (Wildman–Crippen MR) is 59.0 cm³/mol. The second-order valence-corrected chi connectivity index (χ2v) is 4.37. The third kappa shape index (κ3) is 1.84. The van der Waals surface area contributed by atoms with Crippen LogP contribution in [0.25, 0.3) is 0 Å². The summed E-state index contributed by atoms with van der Waals surface area (Å²) in [5, 5.41) is 20.7. The lowest BCUT2D eigenvalue weighted by molar-refractivity contribution is -0.143. The summed E-state index contributed by atoms with van der Waals surface area (Å²) in [7, 11) is 1.62. The Balaban J connectivity index is 2.86. The van der Waals surface area contributed by atoms with E-state index >= 15 is 0 Å². The number of hydrogen-bond donors (Lipinski definition) is 3. The summed E-state index contributed by atoms with van der Waals surface area (Å²) in [6.45, 7) is 1.64. The fraction of sp³-hybridized carbons (Fsp3) is 0.800. The third-order valence-electron chi connectivity index (χ3n) is 3.46. The molecule has 16 heavy (non-hydrogen) atoms. The first kappa shape index (κ1) is 12.8. The van der Waals surface area contributed by atoms with Crippen LogP contribution in [-0.4, -0.2) is 46.7 Å². The van der Waals surface area contributed by atoms with Crippen LogP contribution in [0.3, 0.4) is 0 Å². The Labute approximate surface area is 94.7 Å². The highest BCUT2D eigenvalue weighted by Gasteiger charge is 2.50. The number of aliphatic hydroxyl groups is 1. The Kier molecular flexibility index (Phi) is 3.74. The normalized spacial score (nSPS) is 21.1. The van der Waals surface area contributed by atoms with E-state index in [1.807, 2.05) is 0 Å². The predicted octanol–water partition coefficient (Wildman–Crippen LogP) is -0.258. The smallest absolute Gasteiger partial charge is 0.236 e. The minimum Gasteiger partial charge on any atom is -0.409 e. The van der Waals surface area contributed by atoms with Crippen molar-refractivity contribution in [2.75, 3.05) is 13.7 Å². The van der Waals surface area contributed by atoms with Crippen molar-refractivity contribution in [2.45, 2.75) is 32.2 Å². The van der Waals surface area contributed by atoms with E-state index in [2.05, 4.69) is 5.16 Å². The molecule has 92 valence electrons. The van der Waals surface area contributed by atoms with Crippen LogP contribution >= 0.6 is 0 Å². The standard InChI is InChI=1S/C10H19N3O3/c1-7(6-14)13(2)9(15)10(4-3-5-10)8(11)12-16/h7,14,16H,3-6H2,1-2H3,(H2,11,12). The van der Waals surface area contributed by atoms with E-state index in [0.717, 1.165) is 6.42 Å². The third-order valence-corrected chi connectivity index (χ3v) is 3.46. The number of rotatable bonds is 4. The molecular weight excluding hydrogens is 210 g/mol. The lowest BCUT2D eigenvalue weighted by atomic mass is 9.66. The molecule has 0 aromatic heterocycles.